The van der Waals surface area contributed by atoms with E-state index >= 15 is 0 Å². The summed E-state index contributed by atoms with van der Waals surface area (Å²) in [7, 11) is 4.28. The minimum atomic E-state index is 0.887. The number of hydrogen-bond acceptors (Lipinski definition) is 4. The summed E-state index contributed by atoms with van der Waals surface area (Å²) >= 11 is 0. The van der Waals surface area contributed by atoms with E-state index < -0.39 is 0 Å². The molecule has 0 N–H and O–H groups in total. The van der Waals surface area contributed by atoms with Gasteiger partial charge in [0.2, 0.25) is 0 Å². The Morgan fingerprint density at radius 1 is 0.727 bits per heavy atom. The summed E-state index contributed by atoms with van der Waals surface area (Å²) in [5.74, 6) is 0. The first kappa shape index (κ1) is 16.6. The van der Waals surface area contributed by atoms with Gasteiger partial charge in [-0.15, -0.1) is 0 Å². The van der Waals surface area contributed by atoms with E-state index in [1.807, 2.05) is 26.0 Å². The second-order valence-corrected chi connectivity index (χ2v) is 6.02. The normalized spacial score (nSPS) is 11.4. The fourth-order valence-electron chi connectivity index (χ4n) is 2.43. The molecule has 2 rings (SSSR count). The van der Waals surface area contributed by atoms with Crippen LogP contribution in [0.2, 0.25) is 0 Å². The summed E-state index contributed by atoms with van der Waals surface area (Å²) in [6.45, 7) is 7.87. The third-order valence-corrected chi connectivity index (χ3v) is 3.62. The molecule has 0 aliphatic rings. The maximum absolute atomic E-state index is 4.55. The number of likely N-dealkylation sites (N-methyl/N-ethyl adjacent to an activating group) is 2. The monoisotopic (exact) mass is 298 g/mol. The van der Waals surface area contributed by atoms with Gasteiger partial charge in [-0.25, -0.2) is 0 Å². The standard InChI is InChI=1S/C18H26N4/c1-15-7-5-9-17(19-15)13-21(3)11-12-22(4)14-18-10-6-8-16(2)20-18/h5-10H,11-14H2,1-4H3. The smallest absolute Gasteiger partial charge is 0.0547 e. The van der Waals surface area contributed by atoms with Gasteiger partial charge < -0.3 is 0 Å². The largest absolute Gasteiger partial charge is 0.299 e. The molecule has 2 aromatic rings. The SMILES string of the molecule is Cc1cccc(CN(C)CCN(C)Cc2cccc(C)n2)n1. The van der Waals surface area contributed by atoms with Gasteiger partial charge in [0.1, 0.15) is 0 Å². The summed E-state index contributed by atoms with van der Waals surface area (Å²) in [5.41, 5.74) is 4.41. The Kier molecular flexibility index (Phi) is 6.04. The molecule has 0 aliphatic carbocycles. The first-order valence-corrected chi connectivity index (χ1v) is 7.75. The van der Waals surface area contributed by atoms with Crippen molar-refractivity contribution in [2.75, 3.05) is 27.2 Å². The van der Waals surface area contributed by atoms with Crippen molar-refractivity contribution in [1.82, 2.24) is 19.8 Å². The summed E-state index contributed by atoms with van der Waals surface area (Å²) in [4.78, 5) is 13.7. The molecule has 0 saturated carbocycles. The summed E-state index contributed by atoms with van der Waals surface area (Å²) in [6.07, 6.45) is 0. The van der Waals surface area contributed by atoms with Crippen LogP contribution in [-0.4, -0.2) is 47.0 Å². The molecule has 2 heterocycles. The van der Waals surface area contributed by atoms with Crippen LogP contribution >= 0.6 is 0 Å². The Hall–Kier alpha value is -1.78. The molecule has 0 fully saturated rings. The van der Waals surface area contributed by atoms with Crippen LogP contribution in [0.15, 0.2) is 36.4 Å². The van der Waals surface area contributed by atoms with Crippen LogP contribution in [0.3, 0.4) is 0 Å². The van der Waals surface area contributed by atoms with Crippen LogP contribution in [0.25, 0.3) is 0 Å². The maximum Gasteiger partial charge on any atom is 0.0547 e. The average molecular weight is 298 g/mol. The molecule has 4 heteroatoms. The van der Waals surface area contributed by atoms with Crippen LogP contribution in [0.4, 0.5) is 0 Å². The molecule has 0 spiro atoms. The number of hydrogen-bond donors (Lipinski definition) is 0. The van der Waals surface area contributed by atoms with Gasteiger partial charge in [0.05, 0.1) is 11.4 Å². The Balaban J connectivity index is 1.77. The molecule has 0 amide bonds. The highest BCUT2D eigenvalue weighted by molar-refractivity contribution is 5.10. The Morgan fingerprint density at radius 2 is 1.14 bits per heavy atom. The highest BCUT2D eigenvalue weighted by Gasteiger charge is 2.06. The predicted octanol–water partition coefficient (Wildman–Crippen LogP) is 2.66. The van der Waals surface area contributed by atoms with Crippen molar-refractivity contribution in [1.29, 1.82) is 0 Å². The van der Waals surface area contributed by atoms with E-state index in [9.17, 15) is 0 Å². The van der Waals surface area contributed by atoms with Crippen LogP contribution in [0.5, 0.6) is 0 Å². The summed E-state index contributed by atoms with van der Waals surface area (Å²) in [5, 5.41) is 0. The molecule has 118 valence electrons. The van der Waals surface area contributed by atoms with Crippen LogP contribution in [0.1, 0.15) is 22.8 Å². The molecule has 0 atom stereocenters. The van der Waals surface area contributed by atoms with Gasteiger partial charge in [-0.1, -0.05) is 12.1 Å². The van der Waals surface area contributed by atoms with E-state index in [0.29, 0.717) is 0 Å². The van der Waals surface area contributed by atoms with Crippen molar-refractivity contribution >= 4 is 0 Å². The van der Waals surface area contributed by atoms with Gasteiger partial charge in [0.25, 0.3) is 0 Å². The van der Waals surface area contributed by atoms with Crippen molar-refractivity contribution in [3.8, 4) is 0 Å². The molecule has 0 bridgehead atoms. The van der Waals surface area contributed by atoms with Gasteiger partial charge in [0.15, 0.2) is 0 Å². The van der Waals surface area contributed by atoms with Crippen molar-refractivity contribution in [3.05, 3.63) is 59.2 Å². The number of rotatable bonds is 7. The van der Waals surface area contributed by atoms with Gasteiger partial charge in [-0.05, 0) is 52.2 Å². The van der Waals surface area contributed by atoms with Crippen molar-refractivity contribution in [3.63, 3.8) is 0 Å². The van der Waals surface area contributed by atoms with Crippen molar-refractivity contribution < 1.29 is 0 Å². The van der Waals surface area contributed by atoms with Crippen LogP contribution in [-0.2, 0) is 13.1 Å². The second kappa shape index (κ2) is 8.01. The lowest BCUT2D eigenvalue weighted by atomic mass is 10.3. The van der Waals surface area contributed by atoms with Crippen molar-refractivity contribution in [2.45, 2.75) is 26.9 Å². The minimum absolute atomic E-state index is 0.887. The number of aryl methyl sites for hydroxylation is 2. The minimum Gasteiger partial charge on any atom is -0.299 e. The lowest BCUT2D eigenvalue weighted by molar-refractivity contribution is 0.244. The van der Waals surface area contributed by atoms with E-state index in [-0.39, 0.29) is 0 Å². The van der Waals surface area contributed by atoms with E-state index in [0.717, 1.165) is 49.0 Å². The highest BCUT2D eigenvalue weighted by Crippen LogP contribution is 2.04. The highest BCUT2D eigenvalue weighted by atomic mass is 15.2. The summed E-state index contributed by atoms with van der Waals surface area (Å²) < 4.78 is 0. The molecule has 0 aliphatic heterocycles. The van der Waals surface area contributed by atoms with E-state index in [1.54, 1.807) is 0 Å². The molecule has 2 aromatic heterocycles. The van der Waals surface area contributed by atoms with Crippen molar-refractivity contribution in [2.24, 2.45) is 0 Å². The summed E-state index contributed by atoms with van der Waals surface area (Å²) in [6, 6.07) is 12.4. The fourth-order valence-corrected chi connectivity index (χ4v) is 2.43. The second-order valence-electron chi connectivity index (χ2n) is 6.02. The zero-order valence-corrected chi connectivity index (χ0v) is 14.1. The molecule has 0 unspecified atom stereocenters. The van der Waals surface area contributed by atoms with Gasteiger partial charge in [-0.2, -0.15) is 0 Å². The maximum atomic E-state index is 4.55. The molecular weight excluding hydrogens is 272 g/mol. The van der Waals surface area contributed by atoms with E-state index in [4.69, 9.17) is 0 Å². The lowest BCUT2D eigenvalue weighted by Crippen LogP contribution is -2.30. The molecule has 4 nitrogen and oxygen atoms in total. The Labute approximate surface area is 133 Å². The Morgan fingerprint density at radius 3 is 1.50 bits per heavy atom. The van der Waals surface area contributed by atoms with E-state index in [1.165, 1.54) is 0 Å². The first-order valence-electron chi connectivity index (χ1n) is 7.75. The number of pyridine rings is 2. The lowest BCUT2D eigenvalue weighted by Gasteiger charge is -2.21. The number of aromatic nitrogens is 2. The molecule has 22 heavy (non-hydrogen) atoms. The quantitative estimate of drug-likeness (QED) is 0.786. The first-order chi connectivity index (χ1) is 10.5. The third-order valence-electron chi connectivity index (χ3n) is 3.62. The van der Waals surface area contributed by atoms with Gasteiger partial charge in [-0.3, -0.25) is 19.8 Å². The topological polar surface area (TPSA) is 32.3 Å². The zero-order chi connectivity index (χ0) is 15.9. The zero-order valence-electron chi connectivity index (χ0n) is 14.1. The molecule has 0 aromatic carbocycles. The predicted molar refractivity (Wildman–Crippen MR) is 90.6 cm³/mol. The van der Waals surface area contributed by atoms with Gasteiger partial charge >= 0.3 is 0 Å². The average Bonchev–Trinajstić information content (AvgIpc) is 2.45. The van der Waals surface area contributed by atoms with Crippen LogP contribution < -0.4 is 0 Å². The Bertz CT molecular complexity index is 544. The fraction of sp³-hybridized carbons (Fsp3) is 0.444. The molecule has 0 radical (unpaired) electrons. The van der Waals surface area contributed by atoms with Gasteiger partial charge in [0, 0.05) is 37.6 Å². The number of nitrogens with zero attached hydrogens (tertiary/aromatic N) is 4. The molecular formula is C18H26N4. The molecule has 0 saturated heterocycles. The van der Waals surface area contributed by atoms with E-state index in [2.05, 4.69) is 58.1 Å². The van der Waals surface area contributed by atoms with Crippen LogP contribution in [0, 0.1) is 13.8 Å². The third kappa shape index (κ3) is 5.54.